The van der Waals surface area contributed by atoms with Crippen LogP contribution in [0.15, 0.2) is 24.3 Å². The fourth-order valence-corrected chi connectivity index (χ4v) is 1.90. The molecule has 18 heavy (non-hydrogen) atoms. The number of carbonyl (C=O) groups excluding carboxylic acids is 1. The third kappa shape index (κ3) is 5.31. The van der Waals surface area contributed by atoms with Crippen molar-refractivity contribution in [2.45, 2.75) is 11.9 Å². The molecule has 0 aliphatic heterocycles. The zero-order valence-electron chi connectivity index (χ0n) is 9.49. The second-order valence-corrected chi connectivity index (χ2v) is 5.04. The van der Waals surface area contributed by atoms with Crippen molar-refractivity contribution < 1.29 is 26.9 Å². The molecule has 0 saturated heterocycles. The summed E-state index contributed by atoms with van der Waals surface area (Å²) in [4.78, 5) is 11.3. The van der Waals surface area contributed by atoms with Gasteiger partial charge >= 0.3 is 12.1 Å². The Hall–Kier alpha value is -1.37. The summed E-state index contributed by atoms with van der Waals surface area (Å²) in [7, 11) is -1.09. The number of ether oxygens (including phenoxy) is 1. The van der Waals surface area contributed by atoms with Crippen LogP contribution in [0.25, 0.3) is 0 Å². The molecule has 1 unspecified atom stereocenters. The first kappa shape index (κ1) is 14.7. The van der Waals surface area contributed by atoms with Crippen molar-refractivity contribution in [3.05, 3.63) is 35.4 Å². The average Bonchev–Trinajstić information content (AvgIpc) is 2.24. The number of carbonyl (C=O) groups is 1. The van der Waals surface area contributed by atoms with E-state index in [4.69, 9.17) is 0 Å². The molecule has 1 aromatic rings. The van der Waals surface area contributed by atoms with Gasteiger partial charge in [0.1, 0.15) is 0 Å². The lowest BCUT2D eigenvalue weighted by Crippen LogP contribution is -2.20. The Kier molecular flexibility index (Phi) is 4.89. The van der Waals surface area contributed by atoms with Crippen molar-refractivity contribution in [1.82, 2.24) is 0 Å². The van der Waals surface area contributed by atoms with E-state index in [1.807, 2.05) is 0 Å². The topological polar surface area (TPSA) is 43.4 Å². The van der Waals surface area contributed by atoms with E-state index < -0.39 is 29.6 Å². The standard InChI is InChI=1S/C11H11F3O3S/c1-18(16)6-8-3-2-4-9(5-8)10(15)17-7-11(12,13)14/h2-5H,6-7H2,1H3. The average molecular weight is 280 g/mol. The molecule has 0 spiro atoms. The van der Waals surface area contributed by atoms with Gasteiger partial charge in [0.05, 0.1) is 5.56 Å². The van der Waals surface area contributed by atoms with Crippen LogP contribution >= 0.6 is 0 Å². The highest BCUT2D eigenvalue weighted by molar-refractivity contribution is 7.83. The Balaban J connectivity index is 2.71. The molecule has 0 bridgehead atoms. The van der Waals surface area contributed by atoms with Gasteiger partial charge in [-0.3, -0.25) is 4.21 Å². The van der Waals surface area contributed by atoms with Gasteiger partial charge in [-0.05, 0) is 17.7 Å². The van der Waals surface area contributed by atoms with Gasteiger partial charge in [0.25, 0.3) is 0 Å². The van der Waals surface area contributed by atoms with E-state index in [9.17, 15) is 22.2 Å². The lowest BCUT2D eigenvalue weighted by Gasteiger charge is -2.08. The third-order valence-corrected chi connectivity index (χ3v) is 2.64. The van der Waals surface area contributed by atoms with Gasteiger partial charge in [0.15, 0.2) is 6.61 Å². The van der Waals surface area contributed by atoms with E-state index in [2.05, 4.69) is 4.74 Å². The molecule has 0 fully saturated rings. The first-order valence-electron chi connectivity index (χ1n) is 4.91. The summed E-state index contributed by atoms with van der Waals surface area (Å²) in [6, 6.07) is 5.87. The van der Waals surface area contributed by atoms with Crippen molar-refractivity contribution >= 4 is 16.8 Å². The van der Waals surface area contributed by atoms with Gasteiger partial charge in [-0.25, -0.2) is 4.79 Å². The number of rotatable bonds is 4. The fraction of sp³-hybridized carbons (Fsp3) is 0.364. The van der Waals surface area contributed by atoms with E-state index in [0.29, 0.717) is 5.56 Å². The Labute approximate surface area is 104 Å². The second kappa shape index (κ2) is 5.99. The first-order chi connectivity index (χ1) is 8.28. The van der Waals surface area contributed by atoms with Crippen LogP contribution in [0.2, 0.25) is 0 Å². The fourth-order valence-electron chi connectivity index (χ4n) is 1.25. The maximum Gasteiger partial charge on any atom is 0.422 e. The molecule has 7 heteroatoms. The van der Waals surface area contributed by atoms with Crippen LogP contribution in [0, 0.1) is 0 Å². The summed E-state index contributed by atoms with van der Waals surface area (Å²) in [5, 5.41) is 0. The summed E-state index contributed by atoms with van der Waals surface area (Å²) < 4.78 is 50.7. The Morgan fingerprint density at radius 3 is 2.61 bits per heavy atom. The highest BCUT2D eigenvalue weighted by atomic mass is 32.2. The van der Waals surface area contributed by atoms with Crippen molar-refractivity contribution in [3.63, 3.8) is 0 Å². The zero-order chi connectivity index (χ0) is 13.8. The van der Waals surface area contributed by atoms with Gasteiger partial charge in [-0.1, -0.05) is 12.1 Å². The van der Waals surface area contributed by atoms with E-state index in [1.165, 1.54) is 24.5 Å². The van der Waals surface area contributed by atoms with Crippen LogP contribution < -0.4 is 0 Å². The van der Waals surface area contributed by atoms with Gasteiger partial charge < -0.3 is 4.74 Å². The quantitative estimate of drug-likeness (QED) is 0.795. The Morgan fingerprint density at radius 1 is 1.39 bits per heavy atom. The lowest BCUT2D eigenvalue weighted by atomic mass is 10.1. The highest BCUT2D eigenvalue weighted by Crippen LogP contribution is 2.16. The van der Waals surface area contributed by atoms with Gasteiger partial charge in [-0.2, -0.15) is 13.2 Å². The van der Waals surface area contributed by atoms with Crippen LogP contribution in [0.4, 0.5) is 13.2 Å². The normalized spacial score (nSPS) is 13.1. The van der Waals surface area contributed by atoms with Crippen molar-refractivity contribution in [2.75, 3.05) is 12.9 Å². The summed E-state index contributed by atoms with van der Waals surface area (Å²) in [5.74, 6) is -0.809. The van der Waals surface area contributed by atoms with E-state index in [0.717, 1.165) is 0 Å². The molecule has 3 nitrogen and oxygen atoms in total. The number of hydrogen-bond donors (Lipinski definition) is 0. The van der Waals surface area contributed by atoms with Gasteiger partial charge in [-0.15, -0.1) is 0 Å². The number of hydrogen-bond acceptors (Lipinski definition) is 3. The van der Waals surface area contributed by atoms with Crippen molar-refractivity contribution in [3.8, 4) is 0 Å². The Morgan fingerprint density at radius 2 is 2.06 bits per heavy atom. The van der Waals surface area contributed by atoms with E-state index in [-0.39, 0.29) is 11.3 Å². The number of esters is 1. The number of benzene rings is 1. The molecule has 1 atom stereocenters. The van der Waals surface area contributed by atoms with Gasteiger partial charge in [0, 0.05) is 22.8 Å². The van der Waals surface area contributed by atoms with Crippen molar-refractivity contribution in [2.24, 2.45) is 0 Å². The largest absolute Gasteiger partial charge is 0.452 e. The predicted molar refractivity (Wildman–Crippen MR) is 60.5 cm³/mol. The minimum Gasteiger partial charge on any atom is -0.452 e. The minimum absolute atomic E-state index is 0.0159. The zero-order valence-corrected chi connectivity index (χ0v) is 10.3. The third-order valence-electron chi connectivity index (χ3n) is 1.90. The molecule has 0 saturated carbocycles. The summed E-state index contributed by atoms with van der Waals surface area (Å²) in [6.07, 6.45) is -3.05. The van der Waals surface area contributed by atoms with Crippen molar-refractivity contribution in [1.29, 1.82) is 0 Å². The summed E-state index contributed by atoms with van der Waals surface area (Å²) in [6.45, 7) is -1.62. The summed E-state index contributed by atoms with van der Waals surface area (Å²) >= 11 is 0. The monoisotopic (exact) mass is 280 g/mol. The molecular formula is C11H11F3O3S. The van der Waals surface area contributed by atoms with E-state index in [1.54, 1.807) is 6.07 Å². The van der Waals surface area contributed by atoms with E-state index >= 15 is 0 Å². The molecule has 0 radical (unpaired) electrons. The molecule has 100 valence electrons. The first-order valence-corrected chi connectivity index (χ1v) is 6.63. The molecule has 0 aliphatic carbocycles. The molecular weight excluding hydrogens is 269 g/mol. The second-order valence-electron chi connectivity index (χ2n) is 3.61. The van der Waals surface area contributed by atoms with Crippen LogP contribution in [0.1, 0.15) is 15.9 Å². The maximum absolute atomic E-state index is 11.9. The van der Waals surface area contributed by atoms with Crippen LogP contribution in [0.3, 0.4) is 0 Å². The van der Waals surface area contributed by atoms with Crippen LogP contribution in [0.5, 0.6) is 0 Å². The number of alkyl halides is 3. The molecule has 0 amide bonds. The van der Waals surface area contributed by atoms with Gasteiger partial charge in [0.2, 0.25) is 0 Å². The smallest absolute Gasteiger partial charge is 0.422 e. The summed E-state index contributed by atoms with van der Waals surface area (Å²) in [5.41, 5.74) is 0.625. The number of halogens is 3. The predicted octanol–water partition coefficient (Wildman–Crippen LogP) is 2.28. The Bertz CT molecular complexity index is 457. The highest BCUT2D eigenvalue weighted by Gasteiger charge is 2.29. The minimum atomic E-state index is -4.54. The molecule has 1 rings (SSSR count). The lowest BCUT2D eigenvalue weighted by molar-refractivity contribution is -0.161. The molecule has 0 N–H and O–H groups in total. The maximum atomic E-state index is 11.9. The molecule has 0 aliphatic rings. The molecule has 1 aromatic carbocycles. The molecule has 0 aromatic heterocycles. The SMILES string of the molecule is CS(=O)Cc1cccc(C(=O)OCC(F)(F)F)c1. The van der Waals surface area contributed by atoms with Crippen LogP contribution in [-0.2, 0) is 21.3 Å². The molecule has 0 heterocycles. The van der Waals surface area contributed by atoms with Crippen LogP contribution in [-0.4, -0.2) is 29.2 Å².